The minimum absolute atomic E-state index is 0.142. The van der Waals surface area contributed by atoms with Crippen LogP contribution in [0.1, 0.15) is 36.0 Å². The fraction of sp³-hybridized carbons (Fsp3) is 0.304. The fourth-order valence-electron chi connectivity index (χ4n) is 3.72. The van der Waals surface area contributed by atoms with Crippen molar-refractivity contribution in [2.24, 2.45) is 7.05 Å². The number of para-hydroxylation sites is 1. The highest BCUT2D eigenvalue weighted by atomic mass is 32.2. The average molecular weight is 436 g/mol. The predicted molar refractivity (Wildman–Crippen MR) is 122 cm³/mol. The number of thioether (sulfide) groups is 1. The van der Waals surface area contributed by atoms with E-state index in [-0.39, 0.29) is 23.6 Å². The van der Waals surface area contributed by atoms with Gasteiger partial charge in [-0.2, -0.15) is 0 Å². The molecular weight excluding hydrogens is 410 g/mol. The molecule has 8 heteroatoms. The van der Waals surface area contributed by atoms with Gasteiger partial charge in [0.05, 0.1) is 17.0 Å². The molecule has 3 aromatic rings. The SMILES string of the molecule is Cn1c(SCC(=O)Nc2ccccc2C(=O)NC2CCCC2)nnc1-c1ccccc1. The Kier molecular flexibility index (Phi) is 6.66. The molecule has 0 spiro atoms. The third-order valence-corrected chi connectivity index (χ3v) is 6.36. The van der Waals surface area contributed by atoms with Crippen LogP contribution in [-0.2, 0) is 11.8 Å². The second kappa shape index (κ2) is 9.78. The second-order valence-corrected chi connectivity index (χ2v) is 8.51. The van der Waals surface area contributed by atoms with Crippen molar-refractivity contribution in [3.63, 3.8) is 0 Å². The van der Waals surface area contributed by atoms with Crippen LogP contribution in [0.3, 0.4) is 0 Å². The van der Waals surface area contributed by atoms with E-state index < -0.39 is 0 Å². The first-order chi connectivity index (χ1) is 15.1. The predicted octanol–water partition coefficient (Wildman–Crippen LogP) is 3.89. The van der Waals surface area contributed by atoms with Crippen LogP contribution in [-0.4, -0.2) is 38.4 Å². The third kappa shape index (κ3) is 5.14. The molecule has 0 bridgehead atoms. The molecule has 7 nitrogen and oxygen atoms in total. The Hall–Kier alpha value is -3.13. The van der Waals surface area contributed by atoms with E-state index in [9.17, 15) is 9.59 Å². The molecule has 0 aliphatic heterocycles. The van der Waals surface area contributed by atoms with Crippen molar-refractivity contribution in [2.75, 3.05) is 11.1 Å². The Morgan fingerprint density at radius 3 is 2.52 bits per heavy atom. The molecule has 0 unspecified atom stereocenters. The van der Waals surface area contributed by atoms with E-state index in [1.54, 1.807) is 18.2 Å². The maximum atomic E-state index is 12.7. The minimum Gasteiger partial charge on any atom is -0.349 e. The third-order valence-electron chi connectivity index (χ3n) is 5.34. The summed E-state index contributed by atoms with van der Waals surface area (Å²) in [4.78, 5) is 25.2. The molecule has 1 fully saturated rings. The zero-order valence-corrected chi connectivity index (χ0v) is 18.2. The summed E-state index contributed by atoms with van der Waals surface area (Å²) in [5, 5.41) is 15.0. The molecule has 160 valence electrons. The van der Waals surface area contributed by atoms with Gasteiger partial charge >= 0.3 is 0 Å². The van der Waals surface area contributed by atoms with Crippen molar-refractivity contribution in [3.05, 3.63) is 60.2 Å². The van der Waals surface area contributed by atoms with Crippen molar-refractivity contribution in [1.29, 1.82) is 0 Å². The van der Waals surface area contributed by atoms with Gasteiger partial charge in [0, 0.05) is 18.7 Å². The molecule has 2 N–H and O–H groups in total. The van der Waals surface area contributed by atoms with E-state index in [0.717, 1.165) is 37.1 Å². The van der Waals surface area contributed by atoms with E-state index in [4.69, 9.17) is 0 Å². The topological polar surface area (TPSA) is 88.9 Å². The van der Waals surface area contributed by atoms with Crippen LogP contribution in [0.25, 0.3) is 11.4 Å². The van der Waals surface area contributed by atoms with E-state index in [1.165, 1.54) is 11.8 Å². The first-order valence-electron chi connectivity index (χ1n) is 10.4. The Morgan fingerprint density at radius 2 is 1.74 bits per heavy atom. The number of amides is 2. The lowest BCUT2D eigenvalue weighted by Crippen LogP contribution is -2.33. The summed E-state index contributed by atoms with van der Waals surface area (Å²) in [7, 11) is 1.88. The number of rotatable bonds is 7. The van der Waals surface area contributed by atoms with Crippen molar-refractivity contribution in [2.45, 2.75) is 36.9 Å². The van der Waals surface area contributed by atoms with E-state index in [1.807, 2.05) is 48.0 Å². The number of nitrogens with zero attached hydrogens (tertiary/aromatic N) is 3. The lowest BCUT2D eigenvalue weighted by molar-refractivity contribution is -0.113. The number of nitrogens with one attached hydrogen (secondary N) is 2. The summed E-state index contributed by atoms with van der Waals surface area (Å²) in [6, 6.07) is 17.1. The minimum atomic E-state index is -0.199. The zero-order chi connectivity index (χ0) is 21.6. The lowest BCUT2D eigenvalue weighted by Gasteiger charge is -2.15. The number of aromatic nitrogens is 3. The molecule has 0 saturated heterocycles. The highest BCUT2D eigenvalue weighted by Crippen LogP contribution is 2.23. The van der Waals surface area contributed by atoms with Crippen LogP contribution in [0, 0.1) is 0 Å². The van der Waals surface area contributed by atoms with Gasteiger partial charge in [-0.25, -0.2) is 0 Å². The number of hydrogen-bond acceptors (Lipinski definition) is 5. The lowest BCUT2D eigenvalue weighted by atomic mass is 10.1. The molecule has 1 aromatic heterocycles. The maximum absolute atomic E-state index is 12.7. The number of hydrogen-bond donors (Lipinski definition) is 2. The Bertz CT molecular complexity index is 1060. The quantitative estimate of drug-likeness (QED) is 0.550. The van der Waals surface area contributed by atoms with Gasteiger partial charge in [0.15, 0.2) is 11.0 Å². The average Bonchev–Trinajstić information content (AvgIpc) is 3.43. The number of anilines is 1. The van der Waals surface area contributed by atoms with Gasteiger partial charge in [-0.15, -0.1) is 10.2 Å². The molecule has 1 saturated carbocycles. The molecule has 0 radical (unpaired) electrons. The molecule has 2 aromatic carbocycles. The van der Waals surface area contributed by atoms with Gasteiger partial charge < -0.3 is 15.2 Å². The molecule has 1 heterocycles. The molecule has 1 aliphatic carbocycles. The summed E-state index contributed by atoms with van der Waals surface area (Å²) in [5.74, 6) is 0.573. The molecule has 0 atom stereocenters. The zero-order valence-electron chi connectivity index (χ0n) is 17.4. The summed E-state index contributed by atoms with van der Waals surface area (Å²) < 4.78 is 1.87. The van der Waals surface area contributed by atoms with E-state index in [2.05, 4.69) is 20.8 Å². The Labute approximate surface area is 185 Å². The van der Waals surface area contributed by atoms with Gasteiger partial charge in [0.1, 0.15) is 0 Å². The van der Waals surface area contributed by atoms with Crippen LogP contribution in [0.15, 0.2) is 59.8 Å². The van der Waals surface area contributed by atoms with Crippen LogP contribution in [0.5, 0.6) is 0 Å². The van der Waals surface area contributed by atoms with Crippen LogP contribution in [0.2, 0.25) is 0 Å². The van der Waals surface area contributed by atoms with Gasteiger partial charge in [-0.3, -0.25) is 9.59 Å². The maximum Gasteiger partial charge on any atom is 0.253 e. The molecule has 31 heavy (non-hydrogen) atoms. The van der Waals surface area contributed by atoms with E-state index in [0.29, 0.717) is 16.4 Å². The monoisotopic (exact) mass is 435 g/mol. The number of carbonyl (C=O) groups excluding carboxylic acids is 2. The van der Waals surface area contributed by atoms with Gasteiger partial charge in [0.25, 0.3) is 5.91 Å². The second-order valence-electron chi connectivity index (χ2n) is 7.57. The highest BCUT2D eigenvalue weighted by Gasteiger charge is 2.20. The Morgan fingerprint density at radius 1 is 1.03 bits per heavy atom. The molecule has 4 rings (SSSR count). The van der Waals surface area contributed by atoms with Gasteiger partial charge in [-0.1, -0.05) is 67.1 Å². The summed E-state index contributed by atoms with van der Waals surface area (Å²) in [6.45, 7) is 0. The first-order valence-corrected chi connectivity index (χ1v) is 11.4. The van der Waals surface area contributed by atoms with Crippen LogP contribution < -0.4 is 10.6 Å². The van der Waals surface area contributed by atoms with Crippen molar-refractivity contribution < 1.29 is 9.59 Å². The molecular formula is C23H25N5O2S. The largest absolute Gasteiger partial charge is 0.349 e. The summed E-state index contributed by atoms with van der Waals surface area (Å²) in [6.07, 6.45) is 4.32. The van der Waals surface area contributed by atoms with Gasteiger partial charge in [-0.05, 0) is 25.0 Å². The molecule has 1 aliphatic rings. The Balaban J connectivity index is 1.38. The van der Waals surface area contributed by atoms with Crippen molar-refractivity contribution >= 4 is 29.3 Å². The van der Waals surface area contributed by atoms with Crippen LogP contribution in [0.4, 0.5) is 5.69 Å². The highest BCUT2D eigenvalue weighted by molar-refractivity contribution is 7.99. The van der Waals surface area contributed by atoms with Gasteiger partial charge in [0.2, 0.25) is 5.91 Å². The van der Waals surface area contributed by atoms with E-state index >= 15 is 0 Å². The summed E-state index contributed by atoms with van der Waals surface area (Å²) in [5.41, 5.74) is 1.97. The first kappa shape index (κ1) is 21.1. The standard InChI is InChI=1S/C23H25N5O2S/c1-28-21(16-9-3-2-4-10-16)26-27-23(28)31-15-20(29)25-19-14-8-7-13-18(19)22(30)24-17-11-5-6-12-17/h2-4,7-10,13-14,17H,5-6,11-12,15H2,1H3,(H,24,30)(H,25,29). The number of benzene rings is 2. The molecule has 2 amide bonds. The van der Waals surface area contributed by atoms with Crippen LogP contribution >= 0.6 is 11.8 Å². The van der Waals surface area contributed by atoms with Crippen molar-refractivity contribution in [1.82, 2.24) is 20.1 Å². The smallest absolute Gasteiger partial charge is 0.253 e. The fourth-order valence-corrected chi connectivity index (χ4v) is 4.43. The number of carbonyl (C=O) groups is 2. The van der Waals surface area contributed by atoms with Crippen molar-refractivity contribution in [3.8, 4) is 11.4 Å². The summed E-state index contributed by atoms with van der Waals surface area (Å²) >= 11 is 1.31. The normalized spacial score (nSPS) is 13.8.